The summed E-state index contributed by atoms with van der Waals surface area (Å²) in [5, 5.41) is 21.9. The van der Waals surface area contributed by atoms with Crippen LogP contribution in [-0.2, 0) is 4.79 Å². The third-order valence-corrected chi connectivity index (χ3v) is 4.56. The fourth-order valence-electron chi connectivity index (χ4n) is 3.37. The zero-order chi connectivity index (χ0) is 15.2. The van der Waals surface area contributed by atoms with Crippen LogP contribution in [0.25, 0.3) is 0 Å². The number of carbonyl (C=O) groups excluding carboxylic acids is 1. The van der Waals surface area contributed by atoms with Crippen molar-refractivity contribution in [3.8, 4) is 0 Å². The summed E-state index contributed by atoms with van der Waals surface area (Å²) < 4.78 is 0. The van der Waals surface area contributed by atoms with Gasteiger partial charge in [-0.2, -0.15) is 0 Å². The van der Waals surface area contributed by atoms with E-state index in [2.05, 4.69) is 5.32 Å². The Labute approximate surface area is 125 Å². The number of likely N-dealkylation sites (tertiary alicyclic amines) is 1. The zero-order valence-corrected chi connectivity index (χ0v) is 12.5. The van der Waals surface area contributed by atoms with Gasteiger partial charge in [0.05, 0.1) is 12.1 Å². The fourth-order valence-corrected chi connectivity index (χ4v) is 3.37. The molecule has 0 bridgehead atoms. The van der Waals surface area contributed by atoms with E-state index in [1.807, 2.05) is 0 Å². The summed E-state index contributed by atoms with van der Waals surface area (Å²) in [5.74, 6) is -0.762. The third-order valence-electron chi connectivity index (χ3n) is 4.56. The largest absolute Gasteiger partial charge is 0.481 e. The first-order chi connectivity index (χ1) is 10.1. The molecule has 0 aromatic carbocycles. The molecule has 1 saturated heterocycles. The maximum Gasteiger partial charge on any atom is 0.317 e. The minimum Gasteiger partial charge on any atom is -0.481 e. The number of rotatable bonds is 3. The number of urea groups is 1. The molecule has 6 heteroatoms. The van der Waals surface area contributed by atoms with Crippen molar-refractivity contribution in [3.05, 3.63) is 0 Å². The normalized spacial score (nSPS) is 30.5. The van der Waals surface area contributed by atoms with Crippen LogP contribution in [0.2, 0.25) is 0 Å². The Morgan fingerprint density at radius 1 is 1.10 bits per heavy atom. The first-order valence-electron chi connectivity index (χ1n) is 8.01. The lowest BCUT2D eigenvalue weighted by molar-refractivity contribution is -0.138. The Morgan fingerprint density at radius 2 is 1.86 bits per heavy atom. The Balaban J connectivity index is 1.85. The number of aliphatic carboxylic acids is 1. The van der Waals surface area contributed by atoms with Crippen molar-refractivity contribution >= 4 is 12.0 Å². The second-order valence-corrected chi connectivity index (χ2v) is 6.31. The van der Waals surface area contributed by atoms with Crippen molar-refractivity contribution in [3.63, 3.8) is 0 Å². The van der Waals surface area contributed by atoms with Gasteiger partial charge < -0.3 is 20.4 Å². The maximum absolute atomic E-state index is 12.3. The second-order valence-electron chi connectivity index (χ2n) is 6.31. The maximum atomic E-state index is 12.3. The highest BCUT2D eigenvalue weighted by molar-refractivity contribution is 5.75. The van der Waals surface area contributed by atoms with Crippen LogP contribution in [0.15, 0.2) is 0 Å². The number of amides is 2. The number of hydrogen-bond acceptors (Lipinski definition) is 3. The van der Waals surface area contributed by atoms with E-state index in [4.69, 9.17) is 5.11 Å². The molecule has 0 aromatic rings. The summed E-state index contributed by atoms with van der Waals surface area (Å²) in [7, 11) is 0. The highest BCUT2D eigenvalue weighted by Crippen LogP contribution is 2.21. The average Bonchev–Trinajstić information content (AvgIpc) is 2.64. The van der Waals surface area contributed by atoms with Gasteiger partial charge in [0.1, 0.15) is 0 Å². The van der Waals surface area contributed by atoms with Crippen LogP contribution in [0.1, 0.15) is 51.4 Å². The standard InChI is InChI=1S/C15H26N2O4/c18-13-7-3-1-2-6-12(13)16-15(21)17-8-4-5-11(10-17)9-14(19)20/h11-13,18H,1-10H2,(H,16,21)(H,19,20). The van der Waals surface area contributed by atoms with E-state index in [9.17, 15) is 14.7 Å². The Bertz CT molecular complexity index is 375. The molecule has 1 heterocycles. The fraction of sp³-hybridized carbons (Fsp3) is 0.867. The summed E-state index contributed by atoms with van der Waals surface area (Å²) in [6.45, 7) is 1.17. The van der Waals surface area contributed by atoms with Crippen LogP contribution in [0.5, 0.6) is 0 Å². The van der Waals surface area contributed by atoms with Crippen molar-refractivity contribution in [1.82, 2.24) is 10.2 Å². The van der Waals surface area contributed by atoms with Crippen molar-refractivity contribution < 1.29 is 19.8 Å². The number of carboxylic acids is 1. The number of nitrogens with zero attached hydrogens (tertiary/aromatic N) is 1. The van der Waals surface area contributed by atoms with Crippen LogP contribution in [0, 0.1) is 5.92 Å². The molecule has 2 aliphatic rings. The van der Waals surface area contributed by atoms with Crippen LogP contribution < -0.4 is 5.32 Å². The Hall–Kier alpha value is -1.30. The summed E-state index contributed by atoms with van der Waals surface area (Å²) >= 11 is 0. The molecule has 6 nitrogen and oxygen atoms in total. The molecule has 0 spiro atoms. The first-order valence-corrected chi connectivity index (χ1v) is 8.01. The number of piperidine rings is 1. The Morgan fingerprint density at radius 3 is 2.62 bits per heavy atom. The number of carboxylic acid groups (broad SMARTS) is 1. The number of carbonyl (C=O) groups is 2. The lowest BCUT2D eigenvalue weighted by Crippen LogP contribution is -2.51. The molecule has 2 rings (SSSR count). The first kappa shape index (κ1) is 16.1. The van der Waals surface area contributed by atoms with E-state index in [0.717, 1.165) is 44.9 Å². The molecule has 0 aromatic heterocycles. The number of aliphatic hydroxyl groups excluding tert-OH is 1. The molecule has 2 amide bonds. The van der Waals surface area contributed by atoms with Crippen LogP contribution in [-0.4, -0.2) is 52.3 Å². The lowest BCUT2D eigenvalue weighted by Gasteiger charge is -2.34. The summed E-state index contributed by atoms with van der Waals surface area (Å²) in [6, 6.07) is -0.323. The van der Waals surface area contributed by atoms with Crippen molar-refractivity contribution in [2.24, 2.45) is 5.92 Å². The van der Waals surface area contributed by atoms with Crippen LogP contribution >= 0.6 is 0 Å². The van der Waals surface area contributed by atoms with Gasteiger partial charge in [-0.1, -0.05) is 19.3 Å². The van der Waals surface area contributed by atoms with Gasteiger partial charge in [-0.3, -0.25) is 4.79 Å². The minimum absolute atomic E-state index is 0.0426. The van der Waals surface area contributed by atoms with Gasteiger partial charge in [0.2, 0.25) is 0 Å². The molecule has 3 atom stereocenters. The lowest BCUT2D eigenvalue weighted by atomic mass is 9.95. The van der Waals surface area contributed by atoms with E-state index in [1.54, 1.807) is 4.90 Å². The van der Waals surface area contributed by atoms with E-state index in [-0.39, 0.29) is 24.4 Å². The van der Waals surface area contributed by atoms with Crippen LogP contribution in [0.3, 0.4) is 0 Å². The minimum atomic E-state index is -0.804. The monoisotopic (exact) mass is 298 g/mol. The molecule has 2 fully saturated rings. The molecule has 0 radical (unpaired) electrons. The van der Waals surface area contributed by atoms with Gasteiger partial charge in [0, 0.05) is 19.5 Å². The Kier molecular flexibility index (Phi) is 5.85. The average molecular weight is 298 g/mol. The molecule has 1 aliphatic heterocycles. The summed E-state index contributed by atoms with van der Waals surface area (Å²) in [5.41, 5.74) is 0. The smallest absolute Gasteiger partial charge is 0.317 e. The second kappa shape index (κ2) is 7.64. The van der Waals surface area contributed by atoms with Gasteiger partial charge in [-0.25, -0.2) is 4.79 Å². The molecule has 120 valence electrons. The van der Waals surface area contributed by atoms with Crippen molar-refractivity contribution in [2.75, 3.05) is 13.1 Å². The molecular weight excluding hydrogens is 272 g/mol. The highest BCUT2D eigenvalue weighted by atomic mass is 16.4. The molecule has 3 N–H and O–H groups in total. The van der Waals surface area contributed by atoms with Crippen LogP contribution in [0.4, 0.5) is 4.79 Å². The van der Waals surface area contributed by atoms with Gasteiger partial charge in [0.15, 0.2) is 0 Å². The predicted molar refractivity (Wildman–Crippen MR) is 78.0 cm³/mol. The van der Waals surface area contributed by atoms with E-state index >= 15 is 0 Å². The highest BCUT2D eigenvalue weighted by Gasteiger charge is 2.28. The molecule has 21 heavy (non-hydrogen) atoms. The van der Waals surface area contributed by atoms with E-state index < -0.39 is 12.1 Å². The molecule has 3 unspecified atom stereocenters. The van der Waals surface area contributed by atoms with E-state index in [1.165, 1.54) is 0 Å². The topological polar surface area (TPSA) is 89.9 Å². The molecular formula is C15H26N2O4. The third kappa shape index (κ3) is 4.88. The quantitative estimate of drug-likeness (QED) is 0.690. The van der Waals surface area contributed by atoms with Crippen molar-refractivity contribution in [1.29, 1.82) is 0 Å². The number of aliphatic hydroxyl groups is 1. The number of hydrogen-bond donors (Lipinski definition) is 3. The SMILES string of the molecule is O=C(O)CC1CCCN(C(=O)NC2CCCCCC2O)C1. The molecule has 1 saturated carbocycles. The van der Waals surface area contributed by atoms with Crippen molar-refractivity contribution in [2.45, 2.75) is 63.5 Å². The van der Waals surface area contributed by atoms with Gasteiger partial charge in [0.25, 0.3) is 0 Å². The van der Waals surface area contributed by atoms with Gasteiger partial charge in [-0.15, -0.1) is 0 Å². The summed E-state index contributed by atoms with van der Waals surface area (Å²) in [6.07, 6.45) is 6.08. The van der Waals surface area contributed by atoms with Gasteiger partial charge >= 0.3 is 12.0 Å². The predicted octanol–water partition coefficient (Wildman–Crippen LogP) is 1.58. The molecule has 1 aliphatic carbocycles. The van der Waals surface area contributed by atoms with E-state index in [0.29, 0.717) is 13.1 Å². The number of nitrogens with one attached hydrogen (secondary N) is 1. The zero-order valence-electron chi connectivity index (χ0n) is 12.5. The van der Waals surface area contributed by atoms with Gasteiger partial charge in [-0.05, 0) is 31.6 Å². The summed E-state index contributed by atoms with van der Waals surface area (Å²) in [4.78, 5) is 24.8.